The molecule has 1 atom stereocenters. The predicted octanol–water partition coefficient (Wildman–Crippen LogP) is 0.834. The van der Waals surface area contributed by atoms with E-state index in [-0.39, 0.29) is 5.91 Å². The number of ether oxygens (including phenoxy) is 1. The summed E-state index contributed by atoms with van der Waals surface area (Å²) in [6.07, 6.45) is 6.13. The van der Waals surface area contributed by atoms with E-state index in [2.05, 4.69) is 5.32 Å². The fourth-order valence-corrected chi connectivity index (χ4v) is 2.55. The van der Waals surface area contributed by atoms with Crippen LogP contribution >= 0.6 is 0 Å². The molecule has 0 aromatic carbocycles. The van der Waals surface area contributed by atoms with Gasteiger partial charge in [0.1, 0.15) is 5.60 Å². The monoisotopic (exact) mass is 227 g/mol. The topological polar surface area (TPSA) is 58.6 Å². The lowest BCUT2D eigenvalue weighted by Crippen LogP contribution is -2.43. The van der Waals surface area contributed by atoms with E-state index < -0.39 is 5.60 Å². The van der Waals surface area contributed by atoms with Gasteiger partial charge in [-0.1, -0.05) is 12.8 Å². The van der Waals surface area contributed by atoms with Gasteiger partial charge in [-0.15, -0.1) is 0 Å². The standard InChI is InChI=1S/C12H21NO3/c14-11(7-10-3-1-2-4-10)13-8-12(15)5-6-16-9-12/h10,15H,1-9H2,(H,13,14). The quantitative estimate of drug-likeness (QED) is 0.748. The Balaban J connectivity index is 1.66. The highest BCUT2D eigenvalue weighted by molar-refractivity contribution is 5.76. The minimum atomic E-state index is -0.828. The van der Waals surface area contributed by atoms with Gasteiger partial charge in [0, 0.05) is 26.0 Å². The van der Waals surface area contributed by atoms with Crippen molar-refractivity contribution in [3.63, 3.8) is 0 Å². The van der Waals surface area contributed by atoms with Gasteiger partial charge in [0.25, 0.3) is 0 Å². The average Bonchev–Trinajstić information content (AvgIpc) is 2.88. The van der Waals surface area contributed by atoms with Gasteiger partial charge in [0.05, 0.1) is 6.61 Å². The maximum atomic E-state index is 11.6. The Hall–Kier alpha value is -0.610. The summed E-state index contributed by atoms with van der Waals surface area (Å²) in [5, 5.41) is 12.8. The molecule has 1 aliphatic heterocycles. The first-order valence-electron chi connectivity index (χ1n) is 6.25. The molecule has 1 saturated heterocycles. The normalized spacial score (nSPS) is 30.8. The Morgan fingerprint density at radius 1 is 1.44 bits per heavy atom. The predicted molar refractivity (Wildman–Crippen MR) is 60.0 cm³/mol. The summed E-state index contributed by atoms with van der Waals surface area (Å²) < 4.78 is 5.12. The second-order valence-electron chi connectivity index (χ2n) is 5.16. The van der Waals surface area contributed by atoms with Crippen LogP contribution in [0.1, 0.15) is 38.5 Å². The number of aliphatic hydroxyl groups is 1. The van der Waals surface area contributed by atoms with E-state index in [1.165, 1.54) is 25.7 Å². The van der Waals surface area contributed by atoms with E-state index in [4.69, 9.17) is 4.74 Å². The van der Waals surface area contributed by atoms with E-state index in [9.17, 15) is 9.90 Å². The second-order valence-corrected chi connectivity index (χ2v) is 5.16. The van der Waals surface area contributed by atoms with Crippen LogP contribution in [0.5, 0.6) is 0 Å². The Bertz CT molecular complexity index is 243. The van der Waals surface area contributed by atoms with Crippen molar-refractivity contribution in [2.24, 2.45) is 5.92 Å². The lowest BCUT2D eigenvalue weighted by Gasteiger charge is -2.21. The maximum Gasteiger partial charge on any atom is 0.220 e. The summed E-state index contributed by atoms with van der Waals surface area (Å²) >= 11 is 0. The fourth-order valence-electron chi connectivity index (χ4n) is 2.55. The molecule has 16 heavy (non-hydrogen) atoms. The lowest BCUT2D eigenvalue weighted by molar-refractivity contribution is -0.123. The lowest BCUT2D eigenvalue weighted by atomic mass is 10.0. The molecule has 1 amide bonds. The Kier molecular flexibility index (Phi) is 3.82. The van der Waals surface area contributed by atoms with Gasteiger partial charge in [-0.3, -0.25) is 4.79 Å². The smallest absolute Gasteiger partial charge is 0.220 e. The van der Waals surface area contributed by atoms with E-state index in [0.29, 0.717) is 38.5 Å². The van der Waals surface area contributed by atoms with Crippen molar-refractivity contribution in [3.05, 3.63) is 0 Å². The fraction of sp³-hybridized carbons (Fsp3) is 0.917. The molecule has 0 aromatic rings. The van der Waals surface area contributed by atoms with Gasteiger partial charge in [-0.2, -0.15) is 0 Å². The first kappa shape index (κ1) is 11.9. The third-order valence-electron chi connectivity index (χ3n) is 3.65. The van der Waals surface area contributed by atoms with E-state index in [0.717, 1.165) is 0 Å². The van der Waals surface area contributed by atoms with Gasteiger partial charge in [0.2, 0.25) is 5.91 Å². The van der Waals surface area contributed by atoms with E-state index in [1.807, 2.05) is 0 Å². The number of carbonyl (C=O) groups is 1. The summed E-state index contributed by atoms with van der Waals surface area (Å²) in [5.41, 5.74) is -0.828. The third kappa shape index (κ3) is 3.19. The molecular weight excluding hydrogens is 206 g/mol. The molecule has 0 spiro atoms. The summed E-state index contributed by atoms with van der Waals surface area (Å²) in [6, 6.07) is 0. The Morgan fingerprint density at radius 2 is 2.19 bits per heavy atom. The largest absolute Gasteiger partial charge is 0.386 e. The van der Waals surface area contributed by atoms with E-state index in [1.54, 1.807) is 0 Å². The van der Waals surface area contributed by atoms with Crippen molar-refractivity contribution in [1.29, 1.82) is 0 Å². The van der Waals surface area contributed by atoms with Gasteiger partial charge >= 0.3 is 0 Å². The molecule has 0 radical (unpaired) electrons. The molecule has 2 aliphatic rings. The number of carbonyl (C=O) groups excluding carboxylic acids is 1. The number of amides is 1. The first-order valence-corrected chi connectivity index (χ1v) is 6.25. The Labute approximate surface area is 96.4 Å². The van der Waals surface area contributed by atoms with Crippen molar-refractivity contribution in [2.75, 3.05) is 19.8 Å². The van der Waals surface area contributed by atoms with Crippen LogP contribution in [0.4, 0.5) is 0 Å². The molecule has 0 bridgehead atoms. The van der Waals surface area contributed by atoms with Crippen LogP contribution in [-0.2, 0) is 9.53 Å². The molecule has 1 saturated carbocycles. The maximum absolute atomic E-state index is 11.6. The van der Waals surface area contributed by atoms with Crippen LogP contribution in [0.3, 0.4) is 0 Å². The molecule has 1 heterocycles. The van der Waals surface area contributed by atoms with Crippen LogP contribution in [-0.4, -0.2) is 36.4 Å². The zero-order valence-electron chi connectivity index (χ0n) is 9.71. The number of hydrogen-bond acceptors (Lipinski definition) is 3. The number of hydrogen-bond donors (Lipinski definition) is 2. The van der Waals surface area contributed by atoms with E-state index >= 15 is 0 Å². The van der Waals surface area contributed by atoms with Crippen molar-refractivity contribution in [2.45, 2.75) is 44.1 Å². The first-order chi connectivity index (χ1) is 7.68. The highest BCUT2D eigenvalue weighted by atomic mass is 16.5. The summed E-state index contributed by atoms with van der Waals surface area (Å²) in [6.45, 7) is 1.27. The third-order valence-corrected chi connectivity index (χ3v) is 3.65. The summed E-state index contributed by atoms with van der Waals surface area (Å²) in [5.74, 6) is 0.640. The highest BCUT2D eigenvalue weighted by Crippen LogP contribution is 2.27. The SMILES string of the molecule is O=C(CC1CCCC1)NCC1(O)CCOC1. The molecule has 4 heteroatoms. The minimum absolute atomic E-state index is 0.0761. The van der Waals surface area contributed by atoms with Crippen molar-refractivity contribution in [1.82, 2.24) is 5.32 Å². The molecule has 2 rings (SSSR count). The minimum Gasteiger partial charge on any atom is -0.386 e. The molecular formula is C12H21NO3. The van der Waals surface area contributed by atoms with Crippen LogP contribution < -0.4 is 5.32 Å². The number of nitrogens with one attached hydrogen (secondary N) is 1. The molecule has 1 unspecified atom stereocenters. The number of rotatable bonds is 4. The molecule has 2 fully saturated rings. The average molecular weight is 227 g/mol. The van der Waals surface area contributed by atoms with Crippen LogP contribution in [0.25, 0.3) is 0 Å². The highest BCUT2D eigenvalue weighted by Gasteiger charge is 2.32. The van der Waals surface area contributed by atoms with Crippen LogP contribution in [0.15, 0.2) is 0 Å². The molecule has 2 N–H and O–H groups in total. The van der Waals surface area contributed by atoms with Gasteiger partial charge < -0.3 is 15.2 Å². The second kappa shape index (κ2) is 5.15. The van der Waals surface area contributed by atoms with Gasteiger partial charge in [0.15, 0.2) is 0 Å². The van der Waals surface area contributed by atoms with Crippen molar-refractivity contribution >= 4 is 5.91 Å². The molecule has 1 aliphatic carbocycles. The van der Waals surface area contributed by atoms with Crippen molar-refractivity contribution in [3.8, 4) is 0 Å². The summed E-state index contributed by atoms with van der Waals surface area (Å²) in [7, 11) is 0. The zero-order valence-corrected chi connectivity index (χ0v) is 9.71. The zero-order chi connectivity index (χ0) is 11.4. The van der Waals surface area contributed by atoms with Crippen molar-refractivity contribution < 1.29 is 14.6 Å². The van der Waals surface area contributed by atoms with Gasteiger partial charge in [-0.25, -0.2) is 0 Å². The van der Waals surface area contributed by atoms with Crippen LogP contribution in [0.2, 0.25) is 0 Å². The molecule has 4 nitrogen and oxygen atoms in total. The molecule has 0 aromatic heterocycles. The summed E-state index contributed by atoms with van der Waals surface area (Å²) in [4.78, 5) is 11.6. The molecule has 92 valence electrons. The van der Waals surface area contributed by atoms with Gasteiger partial charge in [-0.05, 0) is 18.8 Å². The Morgan fingerprint density at radius 3 is 2.81 bits per heavy atom. The van der Waals surface area contributed by atoms with Crippen LogP contribution in [0, 0.1) is 5.92 Å².